The minimum atomic E-state index is 0.0601. The average Bonchev–Trinajstić information content (AvgIpc) is 2.97. The van der Waals surface area contributed by atoms with Crippen LogP contribution in [0, 0.1) is 13.8 Å². The lowest BCUT2D eigenvalue weighted by atomic mass is 10.0. The lowest BCUT2D eigenvalue weighted by Gasteiger charge is -2.09. The minimum Gasteiger partial charge on any atom is -0.369 e. The van der Waals surface area contributed by atoms with E-state index in [0.29, 0.717) is 13.0 Å². The molecular weight excluding hydrogens is 344 g/mol. The van der Waals surface area contributed by atoms with Crippen LogP contribution in [0.3, 0.4) is 0 Å². The number of hydrogen-bond acceptors (Lipinski definition) is 5. The lowest BCUT2D eigenvalue weighted by molar-refractivity contribution is -0.120. The van der Waals surface area contributed by atoms with E-state index in [1.165, 1.54) is 16.0 Å². The van der Waals surface area contributed by atoms with Crippen molar-refractivity contribution < 1.29 is 4.79 Å². The van der Waals surface area contributed by atoms with E-state index in [2.05, 4.69) is 58.7 Å². The average molecular weight is 369 g/mol. The number of fused-ring (bicyclic) bond motifs is 1. The summed E-state index contributed by atoms with van der Waals surface area (Å²) in [6.45, 7) is 7.51. The second kappa shape index (κ2) is 8.27. The highest BCUT2D eigenvalue weighted by Crippen LogP contribution is 2.40. The van der Waals surface area contributed by atoms with E-state index in [9.17, 15) is 4.79 Å². The smallest absolute Gasteiger partial charge is 0.221 e. The van der Waals surface area contributed by atoms with E-state index in [-0.39, 0.29) is 5.91 Å². The molecule has 2 heterocycles. The van der Waals surface area contributed by atoms with Crippen LogP contribution < -0.4 is 10.6 Å². The highest BCUT2D eigenvalue weighted by Gasteiger charge is 2.16. The topological polar surface area (TPSA) is 66.9 Å². The molecule has 1 aromatic carbocycles. The molecule has 2 aromatic heterocycles. The Hall–Kier alpha value is -2.47. The van der Waals surface area contributed by atoms with Crippen molar-refractivity contribution in [2.45, 2.75) is 33.6 Å². The van der Waals surface area contributed by atoms with Crippen LogP contribution in [0.5, 0.6) is 0 Å². The van der Waals surface area contributed by atoms with Gasteiger partial charge in [0.15, 0.2) is 0 Å². The lowest BCUT2D eigenvalue weighted by Crippen LogP contribution is -2.26. The molecule has 6 heteroatoms. The Bertz CT molecular complexity index is 902. The first kappa shape index (κ1) is 18.3. The SMILES string of the molecule is CCCNC(=O)CCNc1ncnc2sc(C)c(-c3ccc(C)cc3)c12. The van der Waals surface area contributed by atoms with Crippen LogP contribution in [0.25, 0.3) is 21.3 Å². The Morgan fingerprint density at radius 1 is 1.12 bits per heavy atom. The standard InChI is InChI=1S/C20H24N4OS/c1-4-10-21-16(25)9-11-22-19-18-17(15-7-5-13(2)6-8-15)14(3)26-20(18)24-12-23-19/h5-8,12H,4,9-11H2,1-3H3,(H,21,25)(H,22,23,24). The molecule has 0 atom stereocenters. The molecule has 0 saturated carbocycles. The molecule has 0 unspecified atom stereocenters. The predicted molar refractivity (Wildman–Crippen MR) is 109 cm³/mol. The Labute approximate surface area is 157 Å². The van der Waals surface area contributed by atoms with Crippen molar-refractivity contribution >= 4 is 33.3 Å². The van der Waals surface area contributed by atoms with Crippen LogP contribution in [0.15, 0.2) is 30.6 Å². The first-order valence-corrected chi connectivity index (χ1v) is 9.73. The maximum absolute atomic E-state index is 11.8. The zero-order valence-electron chi connectivity index (χ0n) is 15.4. The normalized spacial score (nSPS) is 10.9. The number of anilines is 1. The Morgan fingerprint density at radius 3 is 2.62 bits per heavy atom. The Morgan fingerprint density at radius 2 is 1.88 bits per heavy atom. The van der Waals surface area contributed by atoms with Gasteiger partial charge in [-0.1, -0.05) is 36.8 Å². The molecule has 0 saturated heterocycles. The zero-order chi connectivity index (χ0) is 18.5. The van der Waals surface area contributed by atoms with E-state index >= 15 is 0 Å². The van der Waals surface area contributed by atoms with Gasteiger partial charge in [0.25, 0.3) is 0 Å². The number of benzene rings is 1. The van der Waals surface area contributed by atoms with Gasteiger partial charge in [0.05, 0.1) is 5.39 Å². The number of thiophene rings is 1. The first-order chi connectivity index (χ1) is 12.6. The summed E-state index contributed by atoms with van der Waals surface area (Å²) in [6.07, 6.45) is 2.95. The van der Waals surface area contributed by atoms with Gasteiger partial charge in [-0.25, -0.2) is 9.97 Å². The molecule has 0 aliphatic heterocycles. The van der Waals surface area contributed by atoms with Gasteiger partial charge in [-0.3, -0.25) is 4.79 Å². The monoisotopic (exact) mass is 368 g/mol. The van der Waals surface area contributed by atoms with Gasteiger partial charge in [0.1, 0.15) is 17.0 Å². The van der Waals surface area contributed by atoms with Gasteiger partial charge in [0, 0.05) is 30.0 Å². The number of nitrogens with zero attached hydrogens (tertiary/aromatic N) is 2. The van der Waals surface area contributed by atoms with Gasteiger partial charge >= 0.3 is 0 Å². The first-order valence-electron chi connectivity index (χ1n) is 8.92. The zero-order valence-corrected chi connectivity index (χ0v) is 16.2. The number of aromatic nitrogens is 2. The number of carbonyl (C=O) groups excluding carboxylic acids is 1. The fraction of sp³-hybridized carbons (Fsp3) is 0.350. The molecule has 0 bridgehead atoms. The van der Waals surface area contributed by atoms with Crippen LogP contribution in [-0.2, 0) is 4.79 Å². The Kier molecular flexibility index (Phi) is 5.83. The summed E-state index contributed by atoms with van der Waals surface area (Å²) in [5, 5.41) is 7.25. The second-order valence-electron chi connectivity index (χ2n) is 6.33. The summed E-state index contributed by atoms with van der Waals surface area (Å²) in [7, 11) is 0. The van der Waals surface area contributed by atoms with Crippen molar-refractivity contribution in [2.24, 2.45) is 0 Å². The summed E-state index contributed by atoms with van der Waals surface area (Å²) in [5.41, 5.74) is 3.57. The van der Waals surface area contributed by atoms with Crippen molar-refractivity contribution in [3.8, 4) is 11.1 Å². The quantitative estimate of drug-likeness (QED) is 0.652. The van der Waals surface area contributed by atoms with Crippen LogP contribution in [0.2, 0.25) is 0 Å². The summed E-state index contributed by atoms with van der Waals surface area (Å²) in [6, 6.07) is 8.51. The van der Waals surface area contributed by atoms with Gasteiger partial charge < -0.3 is 10.6 Å². The molecule has 0 aliphatic rings. The predicted octanol–water partition coefficient (Wildman–Crippen LogP) is 4.30. The molecule has 5 nitrogen and oxygen atoms in total. The molecule has 0 aliphatic carbocycles. The molecule has 2 N–H and O–H groups in total. The van der Waals surface area contributed by atoms with E-state index in [0.717, 1.165) is 34.6 Å². The fourth-order valence-corrected chi connectivity index (χ4v) is 3.91. The molecule has 0 radical (unpaired) electrons. The third kappa shape index (κ3) is 4.02. The largest absolute Gasteiger partial charge is 0.369 e. The van der Waals surface area contributed by atoms with Crippen molar-refractivity contribution in [1.29, 1.82) is 0 Å². The fourth-order valence-electron chi connectivity index (χ4n) is 2.89. The van der Waals surface area contributed by atoms with Crippen LogP contribution in [0.1, 0.15) is 30.2 Å². The molecule has 3 rings (SSSR count). The number of amides is 1. The Balaban J connectivity index is 1.87. The number of rotatable bonds is 7. The molecule has 0 fully saturated rings. The number of nitrogens with one attached hydrogen (secondary N) is 2. The number of aryl methyl sites for hydroxylation is 2. The van der Waals surface area contributed by atoms with Crippen molar-refractivity contribution in [2.75, 3.05) is 18.4 Å². The van der Waals surface area contributed by atoms with Gasteiger partial charge in [0.2, 0.25) is 5.91 Å². The summed E-state index contributed by atoms with van der Waals surface area (Å²) in [4.78, 5) is 22.9. The van der Waals surface area contributed by atoms with Gasteiger partial charge in [-0.2, -0.15) is 0 Å². The third-order valence-electron chi connectivity index (χ3n) is 4.22. The number of carbonyl (C=O) groups is 1. The third-order valence-corrected chi connectivity index (χ3v) is 5.23. The molecule has 3 aromatic rings. The summed E-state index contributed by atoms with van der Waals surface area (Å²) in [5.74, 6) is 0.850. The van der Waals surface area contributed by atoms with E-state index in [1.54, 1.807) is 17.7 Å². The van der Waals surface area contributed by atoms with Crippen molar-refractivity contribution in [1.82, 2.24) is 15.3 Å². The maximum atomic E-state index is 11.8. The minimum absolute atomic E-state index is 0.0601. The summed E-state index contributed by atoms with van der Waals surface area (Å²) >= 11 is 1.67. The molecule has 26 heavy (non-hydrogen) atoms. The second-order valence-corrected chi connectivity index (χ2v) is 7.53. The van der Waals surface area contributed by atoms with Crippen LogP contribution in [0.4, 0.5) is 5.82 Å². The van der Waals surface area contributed by atoms with E-state index < -0.39 is 0 Å². The highest BCUT2D eigenvalue weighted by molar-refractivity contribution is 7.19. The van der Waals surface area contributed by atoms with Crippen LogP contribution >= 0.6 is 11.3 Å². The van der Waals surface area contributed by atoms with Crippen molar-refractivity contribution in [3.05, 3.63) is 41.0 Å². The maximum Gasteiger partial charge on any atom is 0.221 e. The molecular formula is C20H24N4OS. The van der Waals surface area contributed by atoms with Crippen LogP contribution in [-0.4, -0.2) is 29.0 Å². The van der Waals surface area contributed by atoms with E-state index in [1.807, 2.05) is 6.92 Å². The number of hydrogen-bond donors (Lipinski definition) is 2. The molecule has 0 spiro atoms. The van der Waals surface area contributed by atoms with Gasteiger partial charge in [-0.05, 0) is 25.8 Å². The van der Waals surface area contributed by atoms with Crippen molar-refractivity contribution in [3.63, 3.8) is 0 Å². The molecule has 1 amide bonds. The van der Waals surface area contributed by atoms with Gasteiger partial charge in [-0.15, -0.1) is 11.3 Å². The molecule has 136 valence electrons. The summed E-state index contributed by atoms with van der Waals surface area (Å²) < 4.78 is 0. The van der Waals surface area contributed by atoms with E-state index in [4.69, 9.17) is 0 Å². The highest BCUT2D eigenvalue weighted by atomic mass is 32.1.